The summed E-state index contributed by atoms with van der Waals surface area (Å²) in [6.07, 6.45) is -103. The number of carbonyl (C=O) groups excluding carboxylic acids is 2. The van der Waals surface area contributed by atoms with Crippen LogP contribution < -0.4 is 10.6 Å². The molecule has 0 saturated carbocycles. The number of aliphatic hydroxyl groups is 30. The summed E-state index contributed by atoms with van der Waals surface area (Å²) in [4.78, 5) is 24.9. The largest absolute Gasteiger partial charge is 0.394 e. The lowest BCUT2D eigenvalue weighted by Crippen LogP contribution is -2.70. The molecular weight excluding hydrogens is 1610 g/mol. The van der Waals surface area contributed by atoms with Gasteiger partial charge in [0.15, 0.2) is 62.9 Å². The molecule has 0 aromatic carbocycles. The highest BCUT2D eigenvalue weighted by atomic mass is 16.8. The molecule has 10 rings (SSSR count). The van der Waals surface area contributed by atoms with Crippen LogP contribution in [0.4, 0.5) is 0 Å². The molecule has 53 heteroatoms. The second-order valence-corrected chi connectivity index (χ2v) is 29.5. The Morgan fingerprint density at radius 3 is 0.829 bits per heavy atom. The summed E-state index contributed by atoms with van der Waals surface area (Å²) in [5.41, 5.74) is 0. The molecule has 53 nitrogen and oxygen atoms in total. The number of aliphatic hydroxyl groups excluding tert-OH is 30. The highest BCUT2D eigenvalue weighted by Gasteiger charge is 2.62. The van der Waals surface area contributed by atoms with Crippen molar-refractivity contribution in [3.05, 3.63) is 0 Å². The first-order valence-electron chi connectivity index (χ1n) is 37.2. The first kappa shape index (κ1) is 96.2. The van der Waals surface area contributed by atoms with Crippen LogP contribution in [0.2, 0.25) is 0 Å². The number of amides is 2. The van der Waals surface area contributed by atoms with Gasteiger partial charge in [-0.05, 0) is 0 Å². The third-order valence-corrected chi connectivity index (χ3v) is 21.7. The predicted octanol–water partition coefficient (Wildman–Crippen LogP) is -22.5. The monoisotopic (exact) mass is 1720 g/mol. The molecule has 0 spiro atoms. The Hall–Kier alpha value is -3.02. The van der Waals surface area contributed by atoms with Crippen molar-refractivity contribution >= 4 is 11.8 Å². The number of ether oxygens (including phenoxy) is 19. The Labute approximate surface area is 660 Å². The molecule has 10 aliphatic rings. The van der Waals surface area contributed by atoms with Gasteiger partial charge in [0.2, 0.25) is 11.8 Å². The summed E-state index contributed by atoms with van der Waals surface area (Å²) in [6, 6.07) is -3.48. The summed E-state index contributed by atoms with van der Waals surface area (Å²) in [6.45, 7) is -9.12. The Morgan fingerprint density at radius 2 is 0.462 bits per heavy atom. The van der Waals surface area contributed by atoms with E-state index in [0.29, 0.717) is 0 Å². The van der Waals surface area contributed by atoms with E-state index in [2.05, 4.69) is 10.6 Å². The van der Waals surface area contributed by atoms with Gasteiger partial charge in [-0.2, -0.15) is 0 Å². The van der Waals surface area contributed by atoms with E-state index in [9.17, 15) is 163 Å². The number of carbonyl (C=O) groups is 2. The summed E-state index contributed by atoms with van der Waals surface area (Å²) >= 11 is 0. The Kier molecular flexibility index (Phi) is 34.4. The van der Waals surface area contributed by atoms with Crippen molar-refractivity contribution in [2.75, 3.05) is 66.1 Å². The second kappa shape index (κ2) is 41.9. The van der Waals surface area contributed by atoms with Crippen LogP contribution in [0, 0.1) is 0 Å². The first-order chi connectivity index (χ1) is 55.5. The topological polar surface area (TPSA) is 840 Å². The van der Waals surface area contributed by atoms with Crippen molar-refractivity contribution in [2.24, 2.45) is 0 Å². The predicted molar refractivity (Wildman–Crippen MR) is 353 cm³/mol. The van der Waals surface area contributed by atoms with Crippen LogP contribution in [0.3, 0.4) is 0 Å². The minimum atomic E-state index is -2.56. The molecule has 32 N–H and O–H groups in total. The summed E-state index contributed by atoms with van der Waals surface area (Å²) in [7, 11) is 0. The Bertz CT molecular complexity index is 3050. The molecule has 680 valence electrons. The fourth-order valence-electron chi connectivity index (χ4n) is 15.1. The van der Waals surface area contributed by atoms with Gasteiger partial charge in [-0.3, -0.25) is 9.59 Å². The standard InChI is InChI=1S/C64H108N2O51/c1-13(76)65-25-35(86)47(22(10-74)100-55(25)98)110-56-26(66-14(2)77)36(87)48(23(11-75)108-56)111-59-45(96)50(33(84)20(8-72)103-59)114-64-54(41(92)31(82)24(109-64)12-99-57-42(93)37(88)27(78)15(3-67)101-57)117-63-53(40(91)30(81)18(6-70)107-63)116-61-44(95)49(32(83)19(7-71)105-61)112-60-46(97)51(34(85)21(9-73)104-60)113-62-52(39(90)29(80)17(5-69)106-62)115-58-43(94)38(89)28(79)16(4-68)102-58/h15-64,67-75,78-98H,3-12H2,1-2H3,(H,65,76)(H,66,77)/t15-,16-,17-,18-,19-,20-,21-,22-,23-,24-,25-,26-,27-,28-,29-,30-,31-,32-,33-,34-,35-,36-,37+,38+,39+,40+,41+,42+,43-,44+,45+,46-,47-,48-,49+,50+,51+,52-,53+,54+,55?,56+,57+,58-,59+,60-,61-,62-,63-,64-/m1/s1. The van der Waals surface area contributed by atoms with Gasteiger partial charge in [-0.15, -0.1) is 0 Å². The fourth-order valence-corrected chi connectivity index (χ4v) is 15.1. The van der Waals surface area contributed by atoms with Gasteiger partial charge in [0.05, 0.1) is 66.1 Å². The number of nitrogens with one attached hydrogen (secondary N) is 2. The summed E-state index contributed by atoms with van der Waals surface area (Å²) in [5, 5.41) is 337. The lowest BCUT2D eigenvalue weighted by atomic mass is 9.94. The molecule has 0 aromatic heterocycles. The van der Waals surface area contributed by atoms with E-state index in [1.54, 1.807) is 0 Å². The number of rotatable bonds is 30. The van der Waals surface area contributed by atoms with Crippen molar-refractivity contribution in [3.8, 4) is 0 Å². The molecule has 0 radical (unpaired) electrons. The molecule has 10 fully saturated rings. The van der Waals surface area contributed by atoms with E-state index in [4.69, 9.17) is 90.0 Å². The average molecular weight is 1720 g/mol. The van der Waals surface area contributed by atoms with Gasteiger partial charge in [0.25, 0.3) is 0 Å². The van der Waals surface area contributed by atoms with Crippen molar-refractivity contribution < 1.29 is 253 Å². The molecule has 0 bridgehead atoms. The van der Waals surface area contributed by atoms with Crippen LogP contribution in [-0.4, -0.2) is 538 Å². The summed E-state index contributed by atoms with van der Waals surface area (Å²) < 4.78 is 110. The highest BCUT2D eigenvalue weighted by Crippen LogP contribution is 2.41. The van der Waals surface area contributed by atoms with E-state index in [1.165, 1.54) is 0 Å². The zero-order chi connectivity index (χ0) is 85.9. The van der Waals surface area contributed by atoms with Crippen molar-refractivity contribution in [1.82, 2.24) is 10.6 Å². The maximum absolute atomic E-state index is 12.8. The van der Waals surface area contributed by atoms with Crippen molar-refractivity contribution in [1.29, 1.82) is 0 Å². The third-order valence-electron chi connectivity index (χ3n) is 21.7. The van der Waals surface area contributed by atoms with E-state index in [0.717, 1.165) is 13.8 Å². The SMILES string of the molecule is CC(=O)N[C@H]1[C@H](O[C@H]2[C@H](O)[C@@H](NC(C)=O)C(O)O[C@@H]2CO)O[C@H](CO)[C@@H](O[C@@H]2O[C@H](CO)[C@@H](O)[C@H](O[C@H]3O[C@H](CO[C@H]4O[C@H](CO)[C@@H](O)[C@H](O)[C@@H]4O)[C@@H](O)[C@H](O)[C@@H]3O[C@H]3O[C@H](CO)[C@@H](O)[C@H](O)[C@@H]3O[C@H]3O[C@H](CO)[C@@H](O)[C@H](O[C@H]4O[C@H](CO)[C@@H](O)[C@H](O[C@H]5O[C@H](CO)[C@@H](O)[C@H](O)[C@H]5O[C@H]5O[C@H](CO)[C@@H](O)[C@H](O)[C@H]5O)[C@H]4O)[C@@H]3O)[C@@H]2O)[C@@H]1O. The normalized spacial score (nSPS) is 51.5. The average Bonchev–Trinajstić information content (AvgIpc) is 0.765. The summed E-state index contributed by atoms with van der Waals surface area (Å²) in [5.74, 6) is -1.68. The zero-order valence-corrected chi connectivity index (χ0v) is 61.9. The van der Waals surface area contributed by atoms with Crippen LogP contribution in [0.5, 0.6) is 0 Å². The minimum Gasteiger partial charge on any atom is -0.394 e. The molecule has 10 aliphatic heterocycles. The molecule has 2 amide bonds. The maximum atomic E-state index is 12.8. The lowest BCUT2D eigenvalue weighted by Gasteiger charge is -2.51. The Morgan fingerprint density at radius 1 is 0.222 bits per heavy atom. The van der Waals surface area contributed by atoms with Crippen LogP contribution in [0.15, 0.2) is 0 Å². The lowest BCUT2D eigenvalue weighted by molar-refractivity contribution is -0.413. The smallest absolute Gasteiger partial charge is 0.217 e. The molecular formula is C64H108N2O51. The van der Waals surface area contributed by atoms with Crippen LogP contribution >= 0.6 is 0 Å². The molecule has 10 heterocycles. The van der Waals surface area contributed by atoms with E-state index < -0.39 is 385 Å². The van der Waals surface area contributed by atoms with Gasteiger partial charge in [0.1, 0.15) is 244 Å². The Balaban J connectivity index is 0.923. The zero-order valence-electron chi connectivity index (χ0n) is 61.9. The van der Waals surface area contributed by atoms with Crippen molar-refractivity contribution in [2.45, 2.75) is 321 Å². The fraction of sp³-hybridized carbons (Fsp3) is 0.969. The van der Waals surface area contributed by atoms with Gasteiger partial charge < -0.3 is 254 Å². The van der Waals surface area contributed by atoms with E-state index >= 15 is 0 Å². The number of hydrogen-bond acceptors (Lipinski definition) is 51. The molecule has 1 unspecified atom stereocenters. The van der Waals surface area contributed by atoms with E-state index in [1.807, 2.05) is 0 Å². The molecule has 0 aliphatic carbocycles. The first-order valence-corrected chi connectivity index (χ1v) is 37.2. The van der Waals surface area contributed by atoms with Crippen LogP contribution in [0.1, 0.15) is 13.8 Å². The van der Waals surface area contributed by atoms with Crippen molar-refractivity contribution in [3.63, 3.8) is 0 Å². The maximum Gasteiger partial charge on any atom is 0.217 e. The third kappa shape index (κ3) is 20.6. The van der Waals surface area contributed by atoms with Gasteiger partial charge in [0, 0.05) is 13.8 Å². The van der Waals surface area contributed by atoms with Gasteiger partial charge in [-0.25, -0.2) is 0 Å². The van der Waals surface area contributed by atoms with Crippen LogP contribution in [0.25, 0.3) is 0 Å². The molecule has 0 aromatic rings. The molecule has 50 atom stereocenters. The van der Waals surface area contributed by atoms with Gasteiger partial charge in [-0.1, -0.05) is 0 Å². The minimum absolute atomic E-state index is 0.773. The number of hydrogen-bond donors (Lipinski definition) is 32. The molecule has 117 heavy (non-hydrogen) atoms. The second-order valence-electron chi connectivity index (χ2n) is 29.5. The van der Waals surface area contributed by atoms with Gasteiger partial charge >= 0.3 is 0 Å². The molecule has 10 saturated heterocycles. The van der Waals surface area contributed by atoms with Crippen LogP contribution in [-0.2, 0) is 99.6 Å². The quantitative estimate of drug-likeness (QED) is 0.0318. The highest BCUT2D eigenvalue weighted by molar-refractivity contribution is 5.73. The van der Waals surface area contributed by atoms with E-state index in [-0.39, 0.29) is 0 Å².